The van der Waals surface area contributed by atoms with Gasteiger partial charge in [0.1, 0.15) is 0 Å². The molecule has 0 bridgehead atoms. The number of hydrogen-bond donors (Lipinski definition) is 0. The number of rotatable bonds is 8. The Morgan fingerprint density at radius 2 is 1.40 bits per heavy atom. The maximum absolute atomic E-state index is 10.8. The number of unbranched alkanes of at least 4 members (excludes halogenated alkanes) is 1. The summed E-state index contributed by atoms with van der Waals surface area (Å²) in [6.07, 6.45) is 2.65. The van der Waals surface area contributed by atoms with Gasteiger partial charge >= 0.3 is 18.9 Å². The molecule has 0 fully saturated rings. The van der Waals surface area contributed by atoms with Gasteiger partial charge in [0, 0.05) is 28.8 Å². The van der Waals surface area contributed by atoms with E-state index in [1.165, 1.54) is 16.5 Å². The summed E-state index contributed by atoms with van der Waals surface area (Å²) in [6.45, 7) is 15.0. The second-order valence-electron chi connectivity index (χ2n) is 6.52. The Labute approximate surface area is 204 Å². The molecule has 0 saturated carbocycles. The van der Waals surface area contributed by atoms with Crippen molar-refractivity contribution in [2.24, 2.45) is 0 Å². The molecule has 0 aliphatic rings. The molecule has 2 rings (SSSR count). The van der Waals surface area contributed by atoms with Gasteiger partial charge in [0.05, 0.1) is 0 Å². The number of ether oxygens (including phenoxy) is 2. The van der Waals surface area contributed by atoms with Crippen molar-refractivity contribution >= 4 is 22.2 Å². The molecule has 0 heterocycles. The van der Waals surface area contributed by atoms with Crippen LogP contribution in [0.1, 0.15) is 81.2 Å². The molecule has 0 unspecified atom stereocenters. The van der Waals surface area contributed by atoms with E-state index in [0.717, 1.165) is 18.3 Å². The zero-order valence-corrected chi connectivity index (χ0v) is 21.1. The third-order valence-corrected chi connectivity index (χ3v) is 4.62. The Kier molecular flexibility index (Phi) is 20.9. The number of benzene rings is 2. The molecule has 3 nitrogen and oxygen atoms in total. The van der Waals surface area contributed by atoms with Crippen molar-refractivity contribution in [2.45, 2.75) is 59.7 Å². The van der Waals surface area contributed by atoms with E-state index < -0.39 is 6.29 Å². The van der Waals surface area contributed by atoms with Crippen molar-refractivity contribution in [3.05, 3.63) is 76.6 Å². The van der Waals surface area contributed by atoms with E-state index in [-0.39, 0.29) is 18.9 Å². The molecule has 0 aliphatic heterocycles. The van der Waals surface area contributed by atoms with Crippen LogP contribution < -0.4 is 18.9 Å². The average molecular weight is 471 g/mol. The molecule has 162 valence electrons. The molecular weight excluding hydrogens is 435 g/mol. The summed E-state index contributed by atoms with van der Waals surface area (Å²) >= 11 is 3.50. The molecule has 0 aromatic heterocycles. The summed E-state index contributed by atoms with van der Waals surface area (Å²) in [5.41, 5.74) is 2.78. The summed E-state index contributed by atoms with van der Waals surface area (Å²) in [6, 6.07) is 15.6. The summed E-state index contributed by atoms with van der Waals surface area (Å²) < 4.78 is 12.1. The summed E-state index contributed by atoms with van der Waals surface area (Å²) in [4.78, 5) is 10.8. The molecule has 0 atom stereocenters. The van der Waals surface area contributed by atoms with Crippen LogP contribution in [0.3, 0.4) is 0 Å². The molecule has 5 heteroatoms. The standard InChI is InChI=1S/C12H16O3.C9H11Br.C4H9.Li/c1-3-14-12(15-4-2)11-8-6-5-7-10(11)9-13;1-7(2)8-5-3-4-6-9(8)10;1-3-4-2;/h5-9,12H,3-4H2,1-2H3;3-7H,1-2H3;1,3-4H2,2H3;/q;;-1;+1. The fraction of sp³-hybridized carbons (Fsp3) is 0.440. The Balaban J connectivity index is 0. The number of halogens is 1. The molecule has 30 heavy (non-hydrogen) atoms. The average Bonchev–Trinajstić information content (AvgIpc) is 2.74. The van der Waals surface area contributed by atoms with Gasteiger partial charge in [-0.1, -0.05) is 85.6 Å². The van der Waals surface area contributed by atoms with Gasteiger partial charge in [-0.15, -0.1) is 0 Å². The second-order valence-corrected chi connectivity index (χ2v) is 7.37. The van der Waals surface area contributed by atoms with Crippen LogP contribution in [0.25, 0.3) is 0 Å². The van der Waals surface area contributed by atoms with E-state index in [0.29, 0.717) is 24.7 Å². The first-order chi connectivity index (χ1) is 14.0. The van der Waals surface area contributed by atoms with Crippen molar-refractivity contribution in [1.82, 2.24) is 0 Å². The van der Waals surface area contributed by atoms with Crippen molar-refractivity contribution in [3.63, 3.8) is 0 Å². The predicted octanol–water partition coefficient (Wildman–Crippen LogP) is 4.77. The van der Waals surface area contributed by atoms with E-state index in [1.807, 2.05) is 38.1 Å². The number of carbonyl (C=O) groups is 1. The van der Waals surface area contributed by atoms with Gasteiger partial charge < -0.3 is 16.4 Å². The zero-order chi connectivity index (χ0) is 22.1. The number of hydrogen-bond acceptors (Lipinski definition) is 3. The molecule has 2 aromatic carbocycles. The molecule has 0 saturated heterocycles. The maximum atomic E-state index is 10.8. The minimum absolute atomic E-state index is 0. The van der Waals surface area contributed by atoms with E-state index in [1.54, 1.807) is 6.07 Å². The van der Waals surface area contributed by atoms with Crippen molar-refractivity contribution in [1.29, 1.82) is 0 Å². The van der Waals surface area contributed by atoms with Gasteiger partial charge in [-0.2, -0.15) is 6.42 Å². The third kappa shape index (κ3) is 12.7. The van der Waals surface area contributed by atoms with Gasteiger partial charge in [0.2, 0.25) is 0 Å². The topological polar surface area (TPSA) is 35.5 Å². The molecule has 2 aromatic rings. The Morgan fingerprint density at radius 1 is 0.933 bits per heavy atom. The molecular formula is C25H36BrLiO3. The molecule has 0 amide bonds. The zero-order valence-electron chi connectivity index (χ0n) is 19.5. The first kappa shape index (κ1) is 31.3. The van der Waals surface area contributed by atoms with Gasteiger partial charge in [0.15, 0.2) is 12.6 Å². The van der Waals surface area contributed by atoms with Crippen LogP contribution in [0.5, 0.6) is 0 Å². The molecule has 0 aliphatic carbocycles. The summed E-state index contributed by atoms with van der Waals surface area (Å²) in [7, 11) is 0. The first-order valence-corrected chi connectivity index (χ1v) is 11.1. The quantitative estimate of drug-likeness (QED) is 0.241. The van der Waals surface area contributed by atoms with Gasteiger partial charge in [0.25, 0.3) is 0 Å². The fourth-order valence-electron chi connectivity index (χ4n) is 2.31. The van der Waals surface area contributed by atoms with Gasteiger partial charge in [-0.3, -0.25) is 4.79 Å². The fourth-order valence-corrected chi connectivity index (χ4v) is 3.05. The normalized spacial score (nSPS) is 9.77. The number of aldehydes is 1. The van der Waals surface area contributed by atoms with Crippen LogP contribution in [0.4, 0.5) is 0 Å². The minimum Gasteiger partial charge on any atom is -0.349 e. The molecule has 0 N–H and O–H groups in total. The largest absolute Gasteiger partial charge is 1.00 e. The van der Waals surface area contributed by atoms with Crippen molar-refractivity contribution < 1.29 is 33.1 Å². The monoisotopic (exact) mass is 470 g/mol. The van der Waals surface area contributed by atoms with E-state index >= 15 is 0 Å². The van der Waals surface area contributed by atoms with Crippen molar-refractivity contribution in [3.8, 4) is 0 Å². The van der Waals surface area contributed by atoms with Crippen LogP contribution in [0.15, 0.2) is 53.0 Å². The second kappa shape index (κ2) is 20.0. The minimum atomic E-state index is -0.443. The van der Waals surface area contributed by atoms with Crippen LogP contribution in [-0.2, 0) is 9.47 Å². The van der Waals surface area contributed by atoms with Gasteiger partial charge in [-0.25, -0.2) is 0 Å². The Bertz CT molecular complexity index is 669. The van der Waals surface area contributed by atoms with Gasteiger partial charge in [-0.05, 0) is 31.4 Å². The molecule has 0 spiro atoms. The number of carbonyl (C=O) groups excluding carboxylic acids is 1. The van der Waals surface area contributed by atoms with E-state index in [2.05, 4.69) is 61.8 Å². The molecule has 0 radical (unpaired) electrons. The Hall–Kier alpha value is -0.893. The van der Waals surface area contributed by atoms with E-state index in [4.69, 9.17) is 9.47 Å². The van der Waals surface area contributed by atoms with Crippen LogP contribution in [0, 0.1) is 6.92 Å². The third-order valence-electron chi connectivity index (χ3n) is 3.89. The predicted molar refractivity (Wildman–Crippen MR) is 126 cm³/mol. The maximum Gasteiger partial charge on any atom is 1.00 e. The van der Waals surface area contributed by atoms with Crippen LogP contribution >= 0.6 is 15.9 Å². The summed E-state index contributed by atoms with van der Waals surface area (Å²) in [5.74, 6) is 0.607. The van der Waals surface area contributed by atoms with E-state index in [9.17, 15) is 4.79 Å². The smallest absolute Gasteiger partial charge is 0.349 e. The Morgan fingerprint density at radius 3 is 1.77 bits per heavy atom. The van der Waals surface area contributed by atoms with Crippen LogP contribution in [-0.4, -0.2) is 19.5 Å². The SMILES string of the molecule is CC(C)c1ccccc1Br.CCOC(OCC)c1ccccc1C=O.[CH2-]CCC.[Li+]. The van der Waals surface area contributed by atoms with Crippen molar-refractivity contribution in [2.75, 3.05) is 13.2 Å². The van der Waals surface area contributed by atoms with Crippen LogP contribution in [0.2, 0.25) is 0 Å². The summed E-state index contributed by atoms with van der Waals surface area (Å²) in [5, 5.41) is 0. The first-order valence-electron chi connectivity index (χ1n) is 10.3.